The van der Waals surface area contributed by atoms with Crippen molar-refractivity contribution >= 4 is 17.2 Å². The molecular weight excluding hydrogens is 306 g/mol. The maximum Gasteiger partial charge on any atom is 0.231 e. The fraction of sp³-hybridized carbons (Fsp3) is 0.421. The molecule has 0 radical (unpaired) electrons. The number of carbonyl (C=O) groups excluding carboxylic acids is 1. The molecule has 0 aliphatic heterocycles. The number of thiophene rings is 1. The van der Waals surface area contributed by atoms with E-state index >= 15 is 0 Å². The van der Waals surface area contributed by atoms with Crippen LogP contribution in [0, 0.1) is 5.92 Å². The van der Waals surface area contributed by atoms with Gasteiger partial charge in [-0.15, -0.1) is 11.3 Å². The molecule has 2 saturated carbocycles. The van der Waals surface area contributed by atoms with Crippen molar-refractivity contribution in [1.82, 2.24) is 5.32 Å². The zero-order valence-corrected chi connectivity index (χ0v) is 13.8. The van der Waals surface area contributed by atoms with Crippen LogP contribution in [0.25, 0.3) is 0 Å². The lowest BCUT2D eigenvalue weighted by Gasteiger charge is -2.30. The molecule has 1 heterocycles. The van der Waals surface area contributed by atoms with Crippen LogP contribution in [0.15, 0.2) is 47.8 Å². The largest absolute Gasteiger partial charge is 0.383 e. The lowest BCUT2D eigenvalue weighted by molar-refractivity contribution is -0.125. The van der Waals surface area contributed by atoms with Crippen LogP contribution in [-0.2, 0) is 15.8 Å². The molecule has 0 bridgehead atoms. The molecule has 3 nitrogen and oxygen atoms in total. The topological polar surface area (TPSA) is 49.3 Å². The van der Waals surface area contributed by atoms with E-state index in [4.69, 9.17) is 0 Å². The van der Waals surface area contributed by atoms with Gasteiger partial charge in [-0.1, -0.05) is 36.4 Å². The number of nitrogens with one attached hydrogen (secondary N) is 1. The fourth-order valence-corrected chi connectivity index (χ4v) is 4.40. The van der Waals surface area contributed by atoms with Gasteiger partial charge in [-0.05, 0) is 48.6 Å². The van der Waals surface area contributed by atoms with Gasteiger partial charge in [-0.25, -0.2) is 0 Å². The summed E-state index contributed by atoms with van der Waals surface area (Å²) in [6.07, 6.45) is 3.87. The first kappa shape index (κ1) is 14.9. The van der Waals surface area contributed by atoms with E-state index in [-0.39, 0.29) is 17.2 Å². The Morgan fingerprint density at radius 1 is 1.22 bits per heavy atom. The second-order valence-corrected chi connectivity index (χ2v) is 7.75. The Hall–Kier alpha value is -1.65. The van der Waals surface area contributed by atoms with Gasteiger partial charge < -0.3 is 10.4 Å². The SMILES string of the molecule is O=C(NCC(O)(c1ccccc1)C1CC1)C1(c2cccs2)CC1. The number of hydrogen-bond donors (Lipinski definition) is 2. The maximum atomic E-state index is 12.7. The van der Waals surface area contributed by atoms with E-state index in [1.54, 1.807) is 11.3 Å². The Balaban J connectivity index is 1.50. The van der Waals surface area contributed by atoms with Crippen molar-refractivity contribution in [2.75, 3.05) is 6.54 Å². The normalized spacial score (nSPS) is 21.4. The monoisotopic (exact) mass is 327 g/mol. The second kappa shape index (κ2) is 5.46. The molecule has 4 rings (SSSR count). The molecule has 1 atom stereocenters. The van der Waals surface area contributed by atoms with Crippen molar-refractivity contribution in [1.29, 1.82) is 0 Å². The molecule has 1 unspecified atom stereocenters. The summed E-state index contributed by atoms with van der Waals surface area (Å²) in [4.78, 5) is 13.9. The van der Waals surface area contributed by atoms with Crippen molar-refractivity contribution in [2.45, 2.75) is 36.7 Å². The lowest BCUT2D eigenvalue weighted by Crippen LogP contribution is -2.45. The summed E-state index contributed by atoms with van der Waals surface area (Å²) in [5, 5.41) is 16.2. The van der Waals surface area contributed by atoms with Gasteiger partial charge in [0.2, 0.25) is 5.91 Å². The summed E-state index contributed by atoms with van der Waals surface area (Å²) in [6, 6.07) is 13.8. The Bertz CT molecular complexity index is 689. The minimum absolute atomic E-state index is 0.0648. The van der Waals surface area contributed by atoms with Gasteiger partial charge >= 0.3 is 0 Å². The average molecular weight is 327 g/mol. The first-order chi connectivity index (χ1) is 11.2. The number of amides is 1. The maximum absolute atomic E-state index is 12.7. The molecule has 1 amide bonds. The number of carbonyl (C=O) groups is 1. The van der Waals surface area contributed by atoms with Crippen molar-refractivity contribution in [3.63, 3.8) is 0 Å². The highest BCUT2D eigenvalue weighted by Gasteiger charge is 2.53. The van der Waals surface area contributed by atoms with Crippen LogP contribution < -0.4 is 5.32 Å². The summed E-state index contributed by atoms with van der Waals surface area (Å²) in [6.45, 7) is 0.299. The zero-order chi connectivity index (χ0) is 15.9. The summed E-state index contributed by atoms with van der Waals surface area (Å²) in [5.41, 5.74) is -0.374. The highest BCUT2D eigenvalue weighted by molar-refractivity contribution is 7.10. The Labute approximate surface area is 140 Å². The van der Waals surface area contributed by atoms with Crippen LogP contribution in [0.2, 0.25) is 0 Å². The molecule has 2 fully saturated rings. The highest BCUT2D eigenvalue weighted by atomic mass is 32.1. The molecule has 23 heavy (non-hydrogen) atoms. The minimum atomic E-state index is -0.942. The van der Waals surface area contributed by atoms with Crippen molar-refractivity contribution in [3.8, 4) is 0 Å². The smallest absolute Gasteiger partial charge is 0.231 e. The van der Waals surface area contributed by atoms with Crippen LogP contribution in [0.1, 0.15) is 36.1 Å². The Morgan fingerprint density at radius 3 is 2.52 bits per heavy atom. The van der Waals surface area contributed by atoms with Crippen LogP contribution in [-0.4, -0.2) is 17.6 Å². The number of rotatable bonds is 6. The fourth-order valence-electron chi connectivity index (χ4n) is 3.42. The zero-order valence-electron chi connectivity index (χ0n) is 13.0. The van der Waals surface area contributed by atoms with Crippen LogP contribution in [0.3, 0.4) is 0 Å². The minimum Gasteiger partial charge on any atom is -0.383 e. The molecule has 2 N–H and O–H groups in total. The number of benzene rings is 1. The first-order valence-electron chi connectivity index (χ1n) is 8.25. The van der Waals surface area contributed by atoms with Crippen molar-refractivity contribution in [3.05, 3.63) is 58.3 Å². The third-order valence-corrected chi connectivity index (χ3v) is 6.30. The standard InChI is InChI=1S/C19H21NO2S/c21-17(18(10-11-18)16-7-4-12-23-16)20-13-19(22,15-8-9-15)14-5-2-1-3-6-14/h1-7,12,15,22H,8-11,13H2,(H,20,21). The molecule has 2 aromatic rings. The molecule has 2 aliphatic carbocycles. The quantitative estimate of drug-likeness (QED) is 0.856. The first-order valence-corrected chi connectivity index (χ1v) is 9.13. The number of aliphatic hydroxyl groups is 1. The Morgan fingerprint density at radius 2 is 1.96 bits per heavy atom. The molecule has 2 aliphatic rings. The molecule has 4 heteroatoms. The van der Waals surface area contributed by atoms with E-state index in [9.17, 15) is 9.90 Å². The Kier molecular flexibility index (Phi) is 3.54. The predicted octanol–water partition coefficient (Wildman–Crippen LogP) is 3.19. The third kappa shape index (κ3) is 2.60. The predicted molar refractivity (Wildman–Crippen MR) is 91.3 cm³/mol. The summed E-state index contributed by atoms with van der Waals surface area (Å²) < 4.78 is 0. The van der Waals surface area contributed by atoms with E-state index < -0.39 is 5.60 Å². The van der Waals surface area contributed by atoms with Crippen LogP contribution in [0.4, 0.5) is 0 Å². The van der Waals surface area contributed by atoms with E-state index in [1.165, 1.54) is 0 Å². The summed E-state index contributed by atoms with van der Waals surface area (Å²) >= 11 is 1.65. The third-order valence-electron chi connectivity index (χ3n) is 5.22. The van der Waals surface area contributed by atoms with Gasteiger partial charge in [0.25, 0.3) is 0 Å². The van der Waals surface area contributed by atoms with Gasteiger partial charge in [0.05, 0.1) is 12.0 Å². The van der Waals surface area contributed by atoms with Gasteiger partial charge in [0.15, 0.2) is 0 Å². The summed E-state index contributed by atoms with van der Waals surface area (Å²) in [5.74, 6) is 0.317. The highest BCUT2D eigenvalue weighted by Crippen LogP contribution is 2.50. The molecule has 0 saturated heterocycles. The van der Waals surface area contributed by atoms with Gasteiger partial charge in [0.1, 0.15) is 5.60 Å². The van der Waals surface area contributed by atoms with E-state index in [1.807, 2.05) is 47.8 Å². The van der Waals surface area contributed by atoms with Crippen LogP contribution >= 0.6 is 11.3 Å². The number of hydrogen-bond acceptors (Lipinski definition) is 3. The molecule has 1 aromatic heterocycles. The van der Waals surface area contributed by atoms with Crippen LogP contribution in [0.5, 0.6) is 0 Å². The molecular formula is C19H21NO2S. The van der Waals surface area contributed by atoms with Crippen molar-refractivity contribution < 1.29 is 9.90 Å². The van der Waals surface area contributed by atoms with E-state index in [2.05, 4.69) is 5.32 Å². The van der Waals surface area contributed by atoms with Gasteiger partial charge in [-0.2, -0.15) is 0 Å². The average Bonchev–Trinajstić information content (AvgIpc) is 3.52. The van der Waals surface area contributed by atoms with Gasteiger partial charge in [-0.3, -0.25) is 4.79 Å². The lowest BCUT2D eigenvalue weighted by atomic mass is 9.88. The van der Waals surface area contributed by atoms with E-state index in [0.717, 1.165) is 36.1 Å². The molecule has 1 aromatic carbocycles. The van der Waals surface area contributed by atoms with Crippen molar-refractivity contribution in [2.24, 2.45) is 5.92 Å². The molecule has 0 spiro atoms. The van der Waals surface area contributed by atoms with Gasteiger partial charge in [0, 0.05) is 4.88 Å². The summed E-state index contributed by atoms with van der Waals surface area (Å²) in [7, 11) is 0. The van der Waals surface area contributed by atoms with E-state index in [0.29, 0.717) is 6.54 Å². The molecule has 120 valence electrons. The second-order valence-electron chi connectivity index (χ2n) is 6.81.